The summed E-state index contributed by atoms with van der Waals surface area (Å²) in [5.41, 5.74) is 1.90. The first-order chi connectivity index (χ1) is 10.1. The Morgan fingerprint density at radius 1 is 1.48 bits per heavy atom. The quantitative estimate of drug-likeness (QED) is 0.853. The van der Waals surface area contributed by atoms with Crippen LogP contribution in [0.4, 0.5) is 5.69 Å². The molecule has 7 heteroatoms. The van der Waals surface area contributed by atoms with Gasteiger partial charge >= 0.3 is 0 Å². The number of hydrogen-bond donors (Lipinski definition) is 1. The highest BCUT2D eigenvalue weighted by atomic mass is 32.2. The van der Waals surface area contributed by atoms with Gasteiger partial charge in [-0.1, -0.05) is 13.8 Å². The van der Waals surface area contributed by atoms with Crippen LogP contribution >= 0.6 is 11.8 Å². The third kappa shape index (κ3) is 4.11. The van der Waals surface area contributed by atoms with Gasteiger partial charge in [-0.3, -0.25) is 4.98 Å². The van der Waals surface area contributed by atoms with Crippen molar-refractivity contribution in [3.05, 3.63) is 24.0 Å². The Kier molecular flexibility index (Phi) is 5.89. The van der Waals surface area contributed by atoms with E-state index in [1.807, 2.05) is 17.0 Å². The van der Waals surface area contributed by atoms with Crippen LogP contribution in [0.15, 0.2) is 18.3 Å². The van der Waals surface area contributed by atoms with Gasteiger partial charge in [-0.25, -0.2) is 8.42 Å². The number of anilines is 1. The molecule has 0 spiro atoms. The molecule has 1 aromatic rings. The Morgan fingerprint density at radius 2 is 2.29 bits per heavy atom. The van der Waals surface area contributed by atoms with Crippen molar-refractivity contribution in [3.63, 3.8) is 0 Å². The first-order valence-corrected chi connectivity index (χ1v) is 10.2. The number of nitrogens with one attached hydrogen (secondary N) is 1. The molecule has 0 saturated carbocycles. The molecule has 0 radical (unpaired) electrons. The number of pyridine rings is 1. The van der Waals surface area contributed by atoms with E-state index in [-0.39, 0.29) is 5.75 Å². The average Bonchev–Trinajstić information content (AvgIpc) is 2.53. The van der Waals surface area contributed by atoms with Gasteiger partial charge in [-0.15, -0.1) is 0 Å². The highest BCUT2D eigenvalue weighted by molar-refractivity contribution is 8.01. The molecule has 1 aliphatic heterocycles. The Morgan fingerprint density at radius 3 is 3.00 bits per heavy atom. The highest BCUT2D eigenvalue weighted by Crippen LogP contribution is 2.27. The van der Waals surface area contributed by atoms with Crippen molar-refractivity contribution < 1.29 is 8.42 Å². The second-order valence-corrected chi connectivity index (χ2v) is 8.56. The zero-order valence-corrected chi connectivity index (χ0v) is 14.2. The fourth-order valence-corrected chi connectivity index (χ4v) is 5.35. The molecule has 2 rings (SSSR count). The normalized spacial score (nSPS) is 19.7. The second-order valence-electron chi connectivity index (χ2n) is 4.96. The molecule has 1 N–H and O–H groups in total. The van der Waals surface area contributed by atoms with Crippen molar-refractivity contribution in [2.24, 2.45) is 0 Å². The van der Waals surface area contributed by atoms with E-state index >= 15 is 0 Å². The molecule has 2 heterocycles. The number of nitrogens with zero attached hydrogens (tertiary/aromatic N) is 2. The van der Waals surface area contributed by atoms with Crippen molar-refractivity contribution in [2.75, 3.05) is 35.2 Å². The van der Waals surface area contributed by atoms with Crippen LogP contribution in [0.3, 0.4) is 0 Å². The molecule has 0 aromatic carbocycles. The molecule has 0 aliphatic carbocycles. The minimum atomic E-state index is -3.08. The smallest absolute Gasteiger partial charge is 0.171 e. The number of thioether (sulfide) groups is 1. The van der Waals surface area contributed by atoms with Crippen LogP contribution in [0.2, 0.25) is 0 Å². The van der Waals surface area contributed by atoms with Gasteiger partial charge in [-0.2, -0.15) is 11.8 Å². The Labute approximate surface area is 131 Å². The minimum absolute atomic E-state index is 0.185. The van der Waals surface area contributed by atoms with Crippen molar-refractivity contribution in [1.29, 1.82) is 0 Å². The summed E-state index contributed by atoms with van der Waals surface area (Å²) in [5.74, 6) is 1.78. The molecule has 1 saturated heterocycles. The van der Waals surface area contributed by atoms with E-state index in [0.717, 1.165) is 30.2 Å². The molecular formula is C14H23N3O2S2. The molecule has 118 valence electrons. The van der Waals surface area contributed by atoms with Gasteiger partial charge in [0.15, 0.2) is 9.84 Å². The lowest BCUT2D eigenvalue weighted by Gasteiger charge is -2.36. The highest BCUT2D eigenvalue weighted by Gasteiger charge is 2.33. The van der Waals surface area contributed by atoms with E-state index in [2.05, 4.69) is 17.2 Å². The van der Waals surface area contributed by atoms with Gasteiger partial charge < -0.3 is 10.2 Å². The van der Waals surface area contributed by atoms with E-state index in [4.69, 9.17) is 0 Å². The van der Waals surface area contributed by atoms with Crippen LogP contribution in [-0.4, -0.2) is 49.1 Å². The van der Waals surface area contributed by atoms with E-state index in [1.54, 1.807) is 24.9 Å². The summed E-state index contributed by atoms with van der Waals surface area (Å²) in [6, 6.07) is 3.90. The SMILES string of the molecule is CCNCc1cc(N2CCSCC2S(=O)(=O)CC)ccn1. The van der Waals surface area contributed by atoms with Gasteiger partial charge in [0.2, 0.25) is 0 Å². The maximum absolute atomic E-state index is 12.3. The van der Waals surface area contributed by atoms with Crippen LogP contribution < -0.4 is 10.2 Å². The molecule has 1 atom stereocenters. The van der Waals surface area contributed by atoms with Crippen molar-refractivity contribution in [3.8, 4) is 0 Å². The largest absolute Gasteiger partial charge is 0.353 e. The average molecular weight is 329 g/mol. The van der Waals surface area contributed by atoms with Gasteiger partial charge in [0.05, 0.1) is 5.69 Å². The first-order valence-electron chi connectivity index (χ1n) is 7.30. The molecular weight excluding hydrogens is 306 g/mol. The van der Waals surface area contributed by atoms with E-state index in [1.165, 1.54) is 0 Å². The van der Waals surface area contributed by atoms with Crippen LogP contribution in [0, 0.1) is 0 Å². The zero-order valence-electron chi connectivity index (χ0n) is 12.6. The van der Waals surface area contributed by atoms with Gasteiger partial charge in [0, 0.05) is 42.2 Å². The number of hydrogen-bond acceptors (Lipinski definition) is 6. The zero-order chi connectivity index (χ0) is 15.3. The Bertz CT molecular complexity index is 563. The maximum Gasteiger partial charge on any atom is 0.171 e. The fraction of sp³-hybridized carbons (Fsp3) is 0.643. The molecule has 5 nitrogen and oxygen atoms in total. The van der Waals surface area contributed by atoms with E-state index in [0.29, 0.717) is 12.3 Å². The first kappa shape index (κ1) is 16.6. The van der Waals surface area contributed by atoms with Crippen molar-refractivity contribution >= 4 is 27.3 Å². The van der Waals surface area contributed by atoms with E-state index < -0.39 is 15.2 Å². The summed E-state index contributed by atoms with van der Waals surface area (Å²) in [6.45, 7) is 6.13. The summed E-state index contributed by atoms with van der Waals surface area (Å²) in [7, 11) is -3.08. The minimum Gasteiger partial charge on any atom is -0.353 e. The predicted molar refractivity (Wildman–Crippen MR) is 89.5 cm³/mol. The maximum atomic E-state index is 12.3. The lowest BCUT2D eigenvalue weighted by molar-refractivity contribution is 0.579. The van der Waals surface area contributed by atoms with Gasteiger partial charge in [-0.05, 0) is 18.7 Å². The van der Waals surface area contributed by atoms with Crippen molar-refractivity contribution in [2.45, 2.75) is 25.8 Å². The molecule has 1 fully saturated rings. The standard InChI is InChI=1S/C14H23N3O2S2/c1-3-15-10-12-9-13(5-6-16-12)17-7-8-20-11-14(17)21(18,19)4-2/h5-6,9,14-15H,3-4,7-8,10-11H2,1-2H3. The van der Waals surface area contributed by atoms with Crippen LogP contribution in [0.25, 0.3) is 0 Å². The van der Waals surface area contributed by atoms with E-state index in [9.17, 15) is 8.42 Å². The van der Waals surface area contributed by atoms with Crippen LogP contribution in [0.5, 0.6) is 0 Å². The predicted octanol–water partition coefficient (Wildman–Crippen LogP) is 1.51. The molecule has 1 unspecified atom stereocenters. The lowest BCUT2D eigenvalue weighted by atomic mass is 10.2. The molecule has 0 bridgehead atoms. The number of rotatable bonds is 6. The topological polar surface area (TPSA) is 62.3 Å². The number of sulfone groups is 1. The third-order valence-electron chi connectivity index (χ3n) is 3.59. The molecule has 21 heavy (non-hydrogen) atoms. The van der Waals surface area contributed by atoms with Crippen LogP contribution in [0.1, 0.15) is 19.5 Å². The monoisotopic (exact) mass is 329 g/mol. The summed E-state index contributed by atoms with van der Waals surface area (Å²) in [6.07, 6.45) is 1.76. The molecule has 1 aliphatic rings. The second kappa shape index (κ2) is 7.47. The van der Waals surface area contributed by atoms with Crippen molar-refractivity contribution in [1.82, 2.24) is 10.3 Å². The molecule has 1 aromatic heterocycles. The summed E-state index contributed by atoms with van der Waals surface area (Å²) >= 11 is 1.71. The molecule has 0 amide bonds. The van der Waals surface area contributed by atoms with Gasteiger partial charge in [0.25, 0.3) is 0 Å². The lowest BCUT2D eigenvalue weighted by Crippen LogP contribution is -2.48. The van der Waals surface area contributed by atoms with Crippen LogP contribution in [-0.2, 0) is 16.4 Å². The summed E-state index contributed by atoms with van der Waals surface area (Å²) < 4.78 is 24.6. The third-order valence-corrected chi connectivity index (χ3v) is 6.88. The summed E-state index contributed by atoms with van der Waals surface area (Å²) in [4.78, 5) is 6.36. The van der Waals surface area contributed by atoms with Gasteiger partial charge in [0.1, 0.15) is 5.37 Å². The summed E-state index contributed by atoms with van der Waals surface area (Å²) in [5, 5.41) is 2.82. The Hall–Kier alpha value is -0.790. The Balaban J connectivity index is 2.25. The number of aromatic nitrogens is 1. The fourth-order valence-electron chi connectivity index (χ4n) is 2.36.